The van der Waals surface area contributed by atoms with Crippen LogP contribution in [-0.4, -0.2) is 83.5 Å². The summed E-state index contributed by atoms with van der Waals surface area (Å²) in [5, 5.41) is 26.4. The molecule has 3 saturated heterocycles. The molecule has 1 saturated carbocycles. The predicted octanol–water partition coefficient (Wildman–Crippen LogP) is 2.23. The molecule has 2 bridgehead atoms. The van der Waals surface area contributed by atoms with E-state index in [-0.39, 0.29) is 57.0 Å². The standard InChI is InChI=1S/C36H37N3O9/c40-16-15-37-33(42)25-13-5-7-22(17-25)19-38-35(44)36-18-28-29-30(46-21-45-29)32(36)48-39(31(36)34(43)47-28)20-26-10-2-1-8-23(26)11-6-12-24-9-3-4-14-27(24)41/h1-11,13-14,17,28-32,40-41H,12,15-16,18-21H2,(H,37,42)(H,38,44). The van der Waals surface area contributed by atoms with Crippen molar-refractivity contribution in [3.8, 4) is 5.75 Å². The fraction of sp³-hybridized carbons (Fsp3) is 0.361. The number of amides is 2. The Labute approximate surface area is 277 Å². The number of fused-ring (bicyclic) bond motifs is 4. The Kier molecular flexibility index (Phi) is 8.99. The zero-order valence-electron chi connectivity index (χ0n) is 26.1. The fourth-order valence-corrected chi connectivity index (χ4v) is 7.28. The van der Waals surface area contributed by atoms with Gasteiger partial charge in [-0.3, -0.25) is 19.2 Å². The molecule has 6 unspecified atom stereocenters. The number of esters is 1. The number of aliphatic hydroxyl groups is 1. The van der Waals surface area contributed by atoms with E-state index in [0.29, 0.717) is 17.5 Å². The minimum absolute atomic E-state index is 0.00133. The van der Waals surface area contributed by atoms with Gasteiger partial charge in [0.25, 0.3) is 5.91 Å². The molecule has 6 atom stereocenters. The summed E-state index contributed by atoms with van der Waals surface area (Å²) in [6.07, 6.45) is 2.00. The van der Waals surface area contributed by atoms with Crippen LogP contribution in [0.3, 0.4) is 0 Å². The third-order valence-corrected chi connectivity index (χ3v) is 9.54. The van der Waals surface area contributed by atoms with Crippen LogP contribution >= 0.6 is 0 Å². The molecule has 4 N–H and O–H groups in total. The number of hydroxylamine groups is 2. The molecule has 1 aliphatic carbocycles. The topological polar surface area (TPSA) is 156 Å². The summed E-state index contributed by atoms with van der Waals surface area (Å²) in [5.41, 5.74) is 2.33. The largest absolute Gasteiger partial charge is 0.508 e. The number of phenolic OH excluding ortho intramolecular Hbond substituents is 1. The van der Waals surface area contributed by atoms with Gasteiger partial charge < -0.3 is 35.1 Å². The van der Waals surface area contributed by atoms with E-state index in [2.05, 4.69) is 10.6 Å². The molecule has 2 amide bonds. The Hall–Kier alpha value is -4.59. The Morgan fingerprint density at radius 1 is 0.979 bits per heavy atom. The second-order valence-corrected chi connectivity index (χ2v) is 12.4. The second kappa shape index (κ2) is 13.5. The molecular weight excluding hydrogens is 618 g/mol. The van der Waals surface area contributed by atoms with Crippen molar-refractivity contribution >= 4 is 23.9 Å². The molecule has 4 aliphatic rings. The van der Waals surface area contributed by atoms with E-state index in [1.165, 1.54) is 0 Å². The van der Waals surface area contributed by atoms with Gasteiger partial charge in [0, 0.05) is 25.1 Å². The van der Waals surface area contributed by atoms with Crippen LogP contribution in [-0.2, 0) is 48.1 Å². The van der Waals surface area contributed by atoms with Gasteiger partial charge in [0.1, 0.15) is 42.4 Å². The zero-order chi connectivity index (χ0) is 33.3. The minimum Gasteiger partial charge on any atom is -0.508 e. The molecule has 250 valence electrons. The lowest BCUT2D eigenvalue weighted by Crippen LogP contribution is -2.69. The number of carbonyl (C=O) groups is 3. The Morgan fingerprint density at radius 3 is 2.60 bits per heavy atom. The van der Waals surface area contributed by atoms with Gasteiger partial charge in [-0.2, -0.15) is 5.06 Å². The summed E-state index contributed by atoms with van der Waals surface area (Å²) in [5.74, 6) is -1.04. The highest BCUT2D eigenvalue weighted by Crippen LogP contribution is 2.55. The van der Waals surface area contributed by atoms with Crippen molar-refractivity contribution in [3.63, 3.8) is 0 Å². The molecule has 48 heavy (non-hydrogen) atoms. The van der Waals surface area contributed by atoms with Crippen LogP contribution in [0, 0.1) is 5.41 Å². The van der Waals surface area contributed by atoms with Gasteiger partial charge in [0.2, 0.25) is 5.91 Å². The number of rotatable bonds is 11. The summed E-state index contributed by atoms with van der Waals surface area (Å²) >= 11 is 0. The molecule has 4 fully saturated rings. The van der Waals surface area contributed by atoms with Crippen LogP contribution in [0.25, 0.3) is 6.08 Å². The van der Waals surface area contributed by atoms with Gasteiger partial charge in [0.05, 0.1) is 13.2 Å². The summed E-state index contributed by atoms with van der Waals surface area (Å²) in [6.45, 7) is 0.257. The normalized spacial score (nSPS) is 27.4. The van der Waals surface area contributed by atoms with Crippen molar-refractivity contribution in [1.29, 1.82) is 0 Å². The van der Waals surface area contributed by atoms with Crippen molar-refractivity contribution < 1.29 is 43.6 Å². The highest BCUT2D eigenvalue weighted by Gasteiger charge is 2.74. The third kappa shape index (κ3) is 5.86. The molecule has 3 aliphatic heterocycles. The van der Waals surface area contributed by atoms with Gasteiger partial charge >= 0.3 is 5.97 Å². The van der Waals surface area contributed by atoms with Crippen LogP contribution in [0.2, 0.25) is 0 Å². The highest BCUT2D eigenvalue weighted by atomic mass is 16.8. The zero-order valence-corrected chi connectivity index (χ0v) is 26.1. The van der Waals surface area contributed by atoms with Crippen molar-refractivity contribution in [2.75, 3.05) is 19.9 Å². The number of allylic oxidation sites excluding steroid dienone is 1. The Balaban J connectivity index is 1.14. The molecule has 12 heteroatoms. The van der Waals surface area contributed by atoms with Crippen LogP contribution in [0.15, 0.2) is 78.9 Å². The summed E-state index contributed by atoms with van der Waals surface area (Å²) < 4.78 is 17.7. The van der Waals surface area contributed by atoms with Gasteiger partial charge in [-0.05, 0) is 46.9 Å². The third-order valence-electron chi connectivity index (χ3n) is 9.54. The van der Waals surface area contributed by atoms with E-state index < -0.39 is 41.8 Å². The maximum absolute atomic E-state index is 14.4. The van der Waals surface area contributed by atoms with Gasteiger partial charge in [-0.15, -0.1) is 0 Å². The predicted molar refractivity (Wildman–Crippen MR) is 171 cm³/mol. The average Bonchev–Trinajstić information content (AvgIpc) is 3.73. The van der Waals surface area contributed by atoms with E-state index in [0.717, 1.165) is 16.7 Å². The summed E-state index contributed by atoms with van der Waals surface area (Å²) in [4.78, 5) is 47.1. The molecule has 3 aromatic carbocycles. The molecule has 3 heterocycles. The lowest BCUT2D eigenvalue weighted by atomic mass is 9.62. The van der Waals surface area contributed by atoms with Crippen molar-refractivity contribution in [2.45, 2.75) is 56.4 Å². The number of benzene rings is 3. The first-order valence-electron chi connectivity index (χ1n) is 16.0. The van der Waals surface area contributed by atoms with Crippen LogP contribution in [0.5, 0.6) is 5.75 Å². The molecule has 7 rings (SSSR count). The molecule has 12 nitrogen and oxygen atoms in total. The maximum atomic E-state index is 14.4. The lowest BCUT2D eigenvalue weighted by molar-refractivity contribution is -0.201. The number of hydrogen-bond donors (Lipinski definition) is 4. The van der Waals surface area contributed by atoms with E-state index >= 15 is 0 Å². The second-order valence-electron chi connectivity index (χ2n) is 12.4. The van der Waals surface area contributed by atoms with E-state index in [1.54, 1.807) is 41.5 Å². The van der Waals surface area contributed by atoms with Crippen LogP contribution in [0.1, 0.15) is 39.0 Å². The number of hydrogen-bond acceptors (Lipinski definition) is 10. The van der Waals surface area contributed by atoms with Gasteiger partial charge in [-0.25, -0.2) is 0 Å². The fourth-order valence-electron chi connectivity index (χ4n) is 7.28. The van der Waals surface area contributed by atoms with E-state index in [9.17, 15) is 19.5 Å². The molecular formula is C36H37N3O9. The number of nitrogens with zero attached hydrogens (tertiary/aromatic N) is 1. The number of nitrogens with one attached hydrogen (secondary N) is 2. The number of carbonyl (C=O) groups excluding carboxylic acids is 3. The first-order chi connectivity index (χ1) is 23.4. The maximum Gasteiger partial charge on any atom is 0.327 e. The van der Waals surface area contributed by atoms with Crippen molar-refractivity contribution in [3.05, 3.63) is 107 Å². The SMILES string of the molecule is O=C(NCCO)c1cccc(CNC(=O)C23CC4OC(=O)C2N(Cc2ccccc2C=CCc2ccccc2O)OC3C2OCOC42)c1. The van der Waals surface area contributed by atoms with Gasteiger partial charge in [0.15, 0.2) is 6.04 Å². The van der Waals surface area contributed by atoms with Crippen molar-refractivity contribution in [1.82, 2.24) is 15.7 Å². The molecule has 0 radical (unpaired) electrons. The molecule has 3 aromatic rings. The number of ether oxygens (including phenoxy) is 3. The van der Waals surface area contributed by atoms with Crippen LogP contribution < -0.4 is 10.6 Å². The van der Waals surface area contributed by atoms with E-state index in [4.69, 9.17) is 24.2 Å². The van der Waals surface area contributed by atoms with Crippen molar-refractivity contribution in [2.24, 2.45) is 5.41 Å². The summed E-state index contributed by atoms with van der Waals surface area (Å²) in [7, 11) is 0. The van der Waals surface area contributed by atoms with Gasteiger partial charge in [-0.1, -0.05) is 66.7 Å². The quantitative estimate of drug-likeness (QED) is 0.226. The molecule has 0 aromatic heterocycles. The number of para-hydroxylation sites is 1. The average molecular weight is 656 g/mol. The number of aromatic hydroxyl groups is 1. The monoisotopic (exact) mass is 655 g/mol. The first-order valence-corrected chi connectivity index (χ1v) is 16.0. The lowest BCUT2D eigenvalue weighted by Gasteiger charge is -2.48. The highest BCUT2D eigenvalue weighted by molar-refractivity contribution is 5.95. The van der Waals surface area contributed by atoms with Crippen LogP contribution in [0.4, 0.5) is 0 Å². The Bertz CT molecular complexity index is 1730. The number of phenols is 1. The van der Waals surface area contributed by atoms with E-state index in [1.807, 2.05) is 48.6 Å². The smallest absolute Gasteiger partial charge is 0.327 e. The number of aliphatic hydroxyl groups excluding tert-OH is 1. The summed E-state index contributed by atoms with van der Waals surface area (Å²) in [6, 6.07) is 20.7. The Morgan fingerprint density at radius 2 is 1.77 bits per heavy atom. The first kappa shape index (κ1) is 32.0. The minimum atomic E-state index is -1.32. The molecule has 0 spiro atoms.